The number of carbonyl (C=O) groups excluding carboxylic acids is 1. The molecule has 1 aliphatic rings. The molecule has 0 radical (unpaired) electrons. The molecule has 4 nitrogen and oxygen atoms in total. The van der Waals surface area contributed by atoms with E-state index in [0.717, 1.165) is 12.8 Å². The van der Waals surface area contributed by atoms with Gasteiger partial charge in [0.15, 0.2) is 0 Å². The van der Waals surface area contributed by atoms with Crippen LogP contribution in [0.2, 0.25) is 0 Å². The summed E-state index contributed by atoms with van der Waals surface area (Å²) in [4.78, 5) is 22.6. The van der Waals surface area contributed by atoms with E-state index < -0.39 is 5.97 Å². The number of aliphatic carboxylic acids is 1. The van der Waals surface area contributed by atoms with Crippen LogP contribution in [-0.2, 0) is 11.2 Å². The van der Waals surface area contributed by atoms with E-state index in [4.69, 9.17) is 5.11 Å². The summed E-state index contributed by atoms with van der Waals surface area (Å²) in [6.07, 6.45) is 3.18. The van der Waals surface area contributed by atoms with Crippen molar-refractivity contribution in [2.24, 2.45) is 5.92 Å². The summed E-state index contributed by atoms with van der Waals surface area (Å²) >= 11 is 0. The van der Waals surface area contributed by atoms with Crippen LogP contribution in [0.1, 0.15) is 42.1 Å². The summed E-state index contributed by atoms with van der Waals surface area (Å²) < 4.78 is 0. The van der Waals surface area contributed by atoms with Gasteiger partial charge >= 0.3 is 5.97 Å². The van der Waals surface area contributed by atoms with Crippen molar-refractivity contribution in [1.29, 1.82) is 0 Å². The van der Waals surface area contributed by atoms with Gasteiger partial charge in [0.1, 0.15) is 0 Å². The lowest BCUT2D eigenvalue weighted by atomic mass is 9.80. The Hall–Kier alpha value is -1.84. The summed E-state index contributed by atoms with van der Waals surface area (Å²) in [5, 5.41) is 11.6. The van der Waals surface area contributed by atoms with Crippen LogP contribution in [0.5, 0.6) is 0 Å². The van der Waals surface area contributed by atoms with E-state index in [1.165, 1.54) is 5.56 Å². The fourth-order valence-electron chi connectivity index (χ4n) is 2.32. The highest BCUT2D eigenvalue weighted by Crippen LogP contribution is 2.27. The number of carboxylic acid groups (broad SMARTS) is 1. The van der Waals surface area contributed by atoms with E-state index in [9.17, 15) is 9.59 Å². The molecule has 19 heavy (non-hydrogen) atoms. The minimum absolute atomic E-state index is 0.00363. The van der Waals surface area contributed by atoms with Crippen LogP contribution >= 0.6 is 0 Å². The Bertz CT molecular complexity index is 461. The molecule has 1 fully saturated rings. The quantitative estimate of drug-likeness (QED) is 0.854. The maximum absolute atomic E-state index is 11.9. The predicted octanol–water partition coefficient (Wildman–Crippen LogP) is 2.23. The lowest BCUT2D eigenvalue weighted by molar-refractivity contribution is -0.145. The van der Waals surface area contributed by atoms with Crippen molar-refractivity contribution >= 4 is 11.9 Å². The first-order valence-electron chi connectivity index (χ1n) is 6.72. The number of nitrogens with one attached hydrogen (secondary N) is 1. The lowest BCUT2D eigenvalue weighted by Crippen LogP contribution is -2.46. The normalized spacial score (nSPS) is 21.5. The van der Waals surface area contributed by atoms with Crippen LogP contribution in [0.25, 0.3) is 0 Å². The van der Waals surface area contributed by atoms with E-state index in [2.05, 4.69) is 12.2 Å². The number of aryl methyl sites for hydroxylation is 1. The van der Waals surface area contributed by atoms with Gasteiger partial charge in [-0.2, -0.15) is 0 Å². The topological polar surface area (TPSA) is 66.4 Å². The zero-order valence-electron chi connectivity index (χ0n) is 11.1. The van der Waals surface area contributed by atoms with Crippen molar-refractivity contribution in [3.63, 3.8) is 0 Å². The Balaban J connectivity index is 1.85. The van der Waals surface area contributed by atoms with Gasteiger partial charge in [-0.25, -0.2) is 0 Å². The van der Waals surface area contributed by atoms with Crippen molar-refractivity contribution in [2.45, 2.75) is 38.6 Å². The van der Waals surface area contributed by atoms with Gasteiger partial charge in [-0.05, 0) is 37.0 Å². The average Bonchev–Trinajstić information content (AvgIpc) is 2.33. The van der Waals surface area contributed by atoms with Crippen molar-refractivity contribution < 1.29 is 14.7 Å². The smallest absolute Gasteiger partial charge is 0.306 e. The van der Waals surface area contributed by atoms with Crippen LogP contribution in [0.4, 0.5) is 0 Å². The molecule has 1 aliphatic carbocycles. The molecule has 0 saturated heterocycles. The molecule has 4 heteroatoms. The second-order valence-electron chi connectivity index (χ2n) is 5.12. The largest absolute Gasteiger partial charge is 0.481 e. The Labute approximate surface area is 112 Å². The molecule has 0 aromatic heterocycles. The molecule has 0 unspecified atom stereocenters. The number of hydrogen-bond acceptors (Lipinski definition) is 2. The molecule has 2 N–H and O–H groups in total. The molecule has 0 heterocycles. The van der Waals surface area contributed by atoms with Gasteiger partial charge in [0.05, 0.1) is 5.92 Å². The van der Waals surface area contributed by atoms with Gasteiger partial charge in [-0.15, -0.1) is 0 Å². The molecule has 1 aromatic rings. The van der Waals surface area contributed by atoms with Gasteiger partial charge in [-0.3, -0.25) is 9.59 Å². The molecule has 0 bridgehead atoms. The number of amides is 1. The number of rotatable bonds is 5. The minimum Gasteiger partial charge on any atom is -0.481 e. The Kier molecular flexibility index (Phi) is 4.20. The maximum Gasteiger partial charge on any atom is 0.306 e. The first kappa shape index (κ1) is 13.6. The highest BCUT2D eigenvalue weighted by Gasteiger charge is 2.35. The highest BCUT2D eigenvalue weighted by atomic mass is 16.4. The third kappa shape index (κ3) is 3.34. The molecule has 0 aliphatic heterocycles. The number of carboxylic acids is 1. The van der Waals surface area contributed by atoms with Crippen molar-refractivity contribution in [2.75, 3.05) is 0 Å². The Morgan fingerprint density at radius 3 is 2.42 bits per heavy atom. The number of carbonyl (C=O) groups is 2. The molecular formula is C15H19NO3. The summed E-state index contributed by atoms with van der Waals surface area (Å²) in [6, 6.07) is 7.60. The third-order valence-corrected chi connectivity index (χ3v) is 3.58. The molecule has 102 valence electrons. The SMILES string of the molecule is CCCc1ccc(C(=O)NC2CC(C(=O)O)C2)cc1. The van der Waals surface area contributed by atoms with E-state index in [0.29, 0.717) is 18.4 Å². The molecule has 2 rings (SSSR count). The number of hydrogen-bond donors (Lipinski definition) is 2. The second kappa shape index (κ2) is 5.87. The number of benzene rings is 1. The van der Waals surface area contributed by atoms with E-state index in [1.54, 1.807) is 0 Å². The summed E-state index contributed by atoms with van der Waals surface area (Å²) in [5.41, 5.74) is 1.87. The third-order valence-electron chi connectivity index (χ3n) is 3.58. The first-order chi connectivity index (χ1) is 9.10. The van der Waals surface area contributed by atoms with Gasteiger partial charge in [0.2, 0.25) is 0 Å². The molecular weight excluding hydrogens is 242 g/mol. The first-order valence-corrected chi connectivity index (χ1v) is 6.72. The molecule has 0 spiro atoms. The average molecular weight is 261 g/mol. The zero-order chi connectivity index (χ0) is 13.8. The van der Waals surface area contributed by atoms with Crippen molar-refractivity contribution in [3.05, 3.63) is 35.4 Å². The van der Waals surface area contributed by atoms with Crippen LogP contribution in [0, 0.1) is 5.92 Å². The van der Waals surface area contributed by atoms with Gasteiger partial charge in [-0.1, -0.05) is 25.5 Å². The Morgan fingerprint density at radius 1 is 1.26 bits per heavy atom. The van der Waals surface area contributed by atoms with E-state index in [-0.39, 0.29) is 17.9 Å². The van der Waals surface area contributed by atoms with Crippen molar-refractivity contribution in [3.8, 4) is 0 Å². The van der Waals surface area contributed by atoms with Crippen LogP contribution in [-0.4, -0.2) is 23.0 Å². The van der Waals surface area contributed by atoms with Crippen LogP contribution in [0.3, 0.4) is 0 Å². The van der Waals surface area contributed by atoms with Gasteiger partial charge < -0.3 is 10.4 Å². The molecule has 0 atom stereocenters. The summed E-state index contributed by atoms with van der Waals surface area (Å²) in [5.74, 6) is -1.18. The second-order valence-corrected chi connectivity index (χ2v) is 5.12. The van der Waals surface area contributed by atoms with Crippen molar-refractivity contribution in [1.82, 2.24) is 5.32 Å². The molecule has 1 aromatic carbocycles. The minimum atomic E-state index is -0.769. The fourth-order valence-corrected chi connectivity index (χ4v) is 2.32. The van der Waals surface area contributed by atoms with E-state index >= 15 is 0 Å². The van der Waals surface area contributed by atoms with E-state index in [1.807, 2.05) is 24.3 Å². The monoisotopic (exact) mass is 261 g/mol. The Morgan fingerprint density at radius 2 is 1.89 bits per heavy atom. The maximum atomic E-state index is 11.9. The summed E-state index contributed by atoms with van der Waals surface area (Å²) in [6.45, 7) is 2.12. The van der Waals surface area contributed by atoms with Gasteiger partial charge in [0.25, 0.3) is 5.91 Å². The van der Waals surface area contributed by atoms with Crippen LogP contribution < -0.4 is 5.32 Å². The standard InChI is InChI=1S/C15H19NO3/c1-2-3-10-4-6-11(7-5-10)14(17)16-13-8-12(9-13)15(18)19/h4-7,12-13H,2-3,8-9H2,1H3,(H,16,17)(H,18,19). The highest BCUT2D eigenvalue weighted by molar-refractivity contribution is 5.94. The fraction of sp³-hybridized carbons (Fsp3) is 0.467. The lowest BCUT2D eigenvalue weighted by Gasteiger charge is -2.32. The zero-order valence-corrected chi connectivity index (χ0v) is 11.1. The van der Waals surface area contributed by atoms with Crippen LogP contribution in [0.15, 0.2) is 24.3 Å². The predicted molar refractivity (Wildman–Crippen MR) is 72.1 cm³/mol. The van der Waals surface area contributed by atoms with Gasteiger partial charge in [0, 0.05) is 11.6 Å². The molecule has 1 amide bonds. The molecule has 1 saturated carbocycles. The summed E-state index contributed by atoms with van der Waals surface area (Å²) in [7, 11) is 0.